The van der Waals surface area contributed by atoms with Gasteiger partial charge in [-0.2, -0.15) is 10.2 Å². The molecular weight excluding hydrogens is 148 g/mol. The molecule has 0 aromatic heterocycles. The summed E-state index contributed by atoms with van der Waals surface area (Å²) in [4.78, 5) is 0. The van der Waals surface area contributed by atoms with E-state index in [1.165, 1.54) is 5.56 Å². The molecule has 0 bridgehead atoms. The number of hydrogen-bond acceptors (Lipinski definition) is 2. The van der Waals surface area contributed by atoms with Crippen LogP contribution in [0.25, 0.3) is 0 Å². The van der Waals surface area contributed by atoms with Crippen molar-refractivity contribution >= 4 is 0 Å². The molecular formula is C10H12N2. The highest BCUT2D eigenvalue weighted by Gasteiger charge is 2.22. The standard InChI is InChI=1S/C10H12N2/c1-8-10(7-11-12-8)9-5-3-2-4-6-9/h2-6,8,10H,7H2,1H3. The summed E-state index contributed by atoms with van der Waals surface area (Å²) < 4.78 is 0. The zero-order valence-electron chi connectivity index (χ0n) is 7.14. The quantitative estimate of drug-likeness (QED) is 0.603. The summed E-state index contributed by atoms with van der Waals surface area (Å²) in [7, 11) is 0. The van der Waals surface area contributed by atoms with Gasteiger partial charge in [-0.15, -0.1) is 0 Å². The van der Waals surface area contributed by atoms with Crippen molar-refractivity contribution in [3.8, 4) is 0 Å². The third-order valence-corrected chi connectivity index (χ3v) is 2.35. The number of hydrogen-bond donors (Lipinski definition) is 0. The molecule has 1 aliphatic heterocycles. The Labute approximate surface area is 72.3 Å². The van der Waals surface area contributed by atoms with Gasteiger partial charge >= 0.3 is 0 Å². The van der Waals surface area contributed by atoms with Gasteiger partial charge in [-0.25, -0.2) is 0 Å². The fourth-order valence-electron chi connectivity index (χ4n) is 1.58. The fraction of sp³-hybridized carbons (Fsp3) is 0.400. The highest BCUT2D eigenvalue weighted by atomic mass is 15.2. The highest BCUT2D eigenvalue weighted by Crippen LogP contribution is 2.26. The Morgan fingerprint density at radius 1 is 1.25 bits per heavy atom. The van der Waals surface area contributed by atoms with Crippen LogP contribution in [0.3, 0.4) is 0 Å². The van der Waals surface area contributed by atoms with E-state index in [0.29, 0.717) is 12.0 Å². The monoisotopic (exact) mass is 160 g/mol. The van der Waals surface area contributed by atoms with Crippen molar-refractivity contribution in [2.45, 2.75) is 18.9 Å². The van der Waals surface area contributed by atoms with E-state index >= 15 is 0 Å². The van der Waals surface area contributed by atoms with Crippen molar-refractivity contribution in [1.29, 1.82) is 0 Å². The lowest BCUT2D eigenvalue weighted by atomic mass is 9.94. The Kier molecular flexibility index (Phi) is 1.90. The van der Waals surface area contributed by atoms with Crippen LogP contribution in [-0.4, -0.2) is 12.6 Å². The normalized spacial score (nSPS) is 27.8. The van der Waals surface area contributed by atoms with Gasteiger partial charge in [-0.3, -0.25) is 0 Å². The first-order valence-electron chi connectivity index (χ1n) is 4.29. The van der Waals surface area contributed by atoms with Gasteiger partial charge in [0, 0.05) is 5.92 Å². The van der Waals surface area contributed by atoms with Crippen LogP contribution in [0.5, 0.6) is 0 Å². The Hall–Kier alpha value is -1.18. The molecule has 62 valence electrons. The molecule has 2 unspecified atom stereocenters. The van der Waals surface area contributed by atoms with Gasteiger partial charge in [0.15, 0.2) is 0 Å². The Morgan fingerprint density at radius 2 is 2.00 bits per heavy atom. The second-order valence-corrected chi connectivity index (χ2v) is 3.20. The third kappa shape index (κ3) is 1.24. The van der Waals surface area contributed by atoms with Crippen LogP contribution in [0.2, 0.25) is 0 Å². The molecule has 0 saturated carbocycles. The van der Waals surface area contributed by atoms with Crippen LogP contribution in [0.4, 0.5) is 0 Å². The van der Waals surface area contributed by atoms with Crippen LogP contribution < -0.4 is 0 Å². The summed E-state index contributed by atoms with van der Waals surface area (Å²) in [5.41, 5.74) is 1.36. The third-order valence-electron chi connectivity index (χ3n) is 2.35. The molecule has 0 N–H and O–H groups in total. The second-order valence-electron chi connectivity index (χ2n) is 3.20. The molecule has 0 spiro atoms. The van der Waals surface area contributed by atoms with Gasteiger partial charge in [0.05, 0.1) is 12.6 Å². The van der Waals surface area contributed by atoms with Crippen LogP contribution in [0.15, 0.2) is 40.6 Å². The smallest absolute Gasteiger partial charge is 0.0767 e. The first-order chi connectivity index (χ1) is 5.88. The molecule has 2 nitrogen and oxygen atoms in total. The molecule has 0 amide bonds. The number of azo groups is 1. The van der Waals surface area contributed by atoms with Gasteiger partial charge < -0.3 is 0 Å². The molecule has 1 aromatic rings. The van der Waals surface area contributed by atoms with Crippen molar-refractivity contribution in [3.05, 3.63) is 35.9 Å². The maximum Gasteiger partial charge on any atom is 0.0767 e. The molecule has 1 aromatic carbocycles. The summed E-state index contributed by atoms with van der Waals surface area (Å²) in [6.45, 7) is 2.97. The molecule has 1 heterocycles. The van der Waals surface area contributed by atoms with Crippen molar-refractivity contribution in [2.24, 2.45) is 10.2 Å². The summed E-state index contributed by atoms with van der Waals surface area (Å²) in [6, 6.07) is 10.8. The maximum absolute atomic E-state index is 4.12. The minimum absolute atomic E-state index is 0.354. The average molecular weight is 160 g/mol. The molecule has 2 atom stereocenters. The van der Waals surface area contributed by atoms with Crippen LogP contribution in [-0.2, 0) is 0 Å². The minimum Gasteiger partial charge on any atom is -0.193 e. The molecule has 2 heteroatoms. The van der Waals surface area contributed by atoms with E-state index in [-0.39, 0.29) is 0 Å². The summed E-state index contributed by atoms with van der Waals surface area (Å²) in [5, 5.41) is 8.17. The lowest BCUT2D eigenvalue weighted by Crippen LogP contribution is -2.10. The molecule has 0 fully saturated rings. The van der Waals surface area contributed by atoms with Gasteiger partial charge in [-0.05, 0) is 12.5 Å². The predicted molar refractivity (Wildman–Crippen MR) is 48.4 cm³/mol. The fourth-order valence-corrected chi connectivity index (χ4v) is 1.58. The molecule has 0 saturated heterocycles. The molecule has 12 heavy (non-hydrogen) atoms. The second kappa shape index (κ2) is 3.05. The van der Waals surface area contributed by atoms with E-state index in [4.69, 9.17) is 0 Å². The number of benzene rings is 1. The SMILES string of the molecule is CC1N=NCC1c1ccccc1. The van der Waals surface area contributed by atoms with Crippen LogP contribution in [0, 0.1) is 0 Å². The first kappa shape index (κ1) is 7.47. The van der Waals surface area contributed by atoms with Gasteiger partial charge in [0.2, 0.25) is 0 Å². The Balaban J connectivity index is 2.22. The van der Waals surface area contributed by atoms with E-state index in [9.17, 15) is 0 Å². The van der Waals surface area contributed by atoms with Crippen LogP contribution >= 0.6 is 0 Å². The van der Waals surface area contributed by atoms with E-state index in [1.807, 2.05) is 6.07 Å². The topological polar surface area (TPSA) is 24.7 Å². The van der Waals surface area contributed by atoms with E-state index < -0.39 is 0 Å². The minimum atomic E-state index is 0.354. The lowest BCUT2D eigenvalue weighted by molar-refractivity contribution is 0.650. The summed E-state index contributed by atoms with van der Waals surface area (Å²) >= 11 is 0. The van der Waals surface area contributed by atoms with E-state index in [2.05, 4.69) is 41.4 Å². The molecule has 1 aliphatic rings. The van der Waals surface area contributed by atoms with Crippen LogP contribution in [0.1, 0.15) is 18.4 Å². The Bertz CT molecular complexity index is 279. The zero-order chi connectivity index (χ0) is 8.39. The van der Waals surface area contributed by atoms with Crippen molar-refractivity contribution in [1.82, 2.24) is 0 Å². The zero-order valence-corrected chi connectivity index (χ0v) is 7.14. The predicted octanol–water partition coefficient (Wildman–Crippen LogP) is 2.62. The first-order valence-corrected chi connectivity index (χ1v) is 4.29. The lowest BCUT2D eigenvalue weighted by Gasteiger charge is -2.11. The van der Waals surface area contributed by atoms with Gasteiger partial charge in [-0.1, -0.05) is 30.3 Å². The Morgan fingerprint density at radius 3 is 2.58 bits per heavy atom. The van der Waals surface area contributed by atoms with Crippen molar-refractivity contribution in [3.63, 3.8) is 0 Å². The molecule has 0 aliphatic carbocycles. The van der Waals surface area contributed by atoms with Crippen molar-refractivity contribution in [2.75, 3.05) is 6.54 Å². The summed E-state index contributed by atoms with van der Waals surface area (Å²) in [6.07, 6.45) is 0. The van der Waals surface area contributed by atoms with E-state index in [1.54, 1.807) is 0 Å². The maximum atomic E-state index is 4.12. The van der Waals surface area contributed by atoms with E-state index in [0.717, 1.165) is 6.54 Å². The number of rotatable bonds is 1. The molecule has 0 radical (unpaired) electrons. The van der Waals surface area contributed by atoms with Crippen molar-refractivity contribution < 1.29 is 0 Å². The van der Waals surface area contributed by atoms with Gasteiger partial charge in [0.25, 0.3) is 0 Å². The number of nitrogens with zero attached hydrogens (tertiary/aromatic N) is 2. The van der Waals surface area contributed by atoms with Gasteiger partial charge in [0.1, 0.15) is 0 Å². The largest absolute Gasteiger partial charge is 0.193 e. The average Bonchev–Trinajstić information content (AvgIpc) is 2.53. The molecule has 2 rings (SSSR count). The summed E-state index contributed by atoms with van der Waals surface area (Å²) in [5.74, 6) is 0.506. The highest BCUT2D eigenvalue weighted by molar-refractivity contribution is 5.22.